The second-order valence-electron chi connectivity index (χ2n) is 6.07. The number of aliphatic hydroxyl groups excluding tert-OH is 4. The van der Waals surface area contributed by atoms with Crippen LogP contribution in [0, 0.1) is 0 Å². The molecule has 0 spiro atoms. The number of hydrogen-bond donors (Lipinski definition) is 4. The molecule has 0 aromatic carbocycles. The highest BCUT2D eigenvalue weighted by atomic mass is 16.7. The maximum Gasteiger partial charge on any atom is 0.221 e. The molecule has 1 aliphatic rings. The highest BCUT2D eigenvalue weighted by Crippen LogP contribution is 2.32. The van der Waals surface area contributed by atoms with Gasteiger partial charge in [0.15, 0.2) is 0 Å². The van der Waals surface area contributed by atoms with Crippen molar-refractivity contribution in [2.24, 2.45) is 0 Å². The minimum atomic E-state index is -1.62. The zero-order valence-corrected chi connectivity index (χ0v) is 13.6. The quantitative estimate of drug-likeness (QED) is 0.400. The van der Waals surface area contributed by atoms with Gasteiger partial charge in [-0.25, -0.2) is 0 Å². The van der Waals surface area contributed by atoms with Gasteiger partial charge in [-0.1, -0.05) is 51.9 Å². The highest BCUT2D eigenvalue weighted by Gasteiger charge is 2.54. The summed E-state index contributed by atoms with van der Waals surface area (Å²) in [7, 11) is 0. The summed E-state index contributed by atoms with van der Waals surface area (Å²) >= 11 is 0. The largest absolute Gasteiger partial charge is 0.394 e. The van der Waals surface area contributed by atoms with Gasteiger partial charge in [0.2, 0.25) is 5.79 Å². The molecule has 6 nitrogen and oxygen atoms in total. The molecule has 1 heterocycles. The Bertz CT molecular complexity index is 288. The van der Waals surface area contributed by atoms with E-state index in [0.717, 1.165) is 19.3 Å². The van der Waals surface area contributed by atoms with Gasteiger partial charge in [-0.3, -0.25) is 0 Å². The molecular weight excluding hydrogens is 288 g/mol. The lowest BCUT2D eigenvalue weighted by Crippen LogP contribution is -2.48. The first-order valence-corrected chi connectivity index (χ1v) is 8.51. The van der Waals surface area contributed by atoms with Crippen molar-refractivity contribution in [3.63, 3.8) is 0 Å². The van der Waals surface area contributed by atoms with Gasteiger partial charge in [0, 0.05) is 0 Å². The number of hydrogen-bond acceptors (Lipinski definition) is 6. The molecule has 0 saturated carbocycles. The van der Waals surface area contributed by atoms with Crippen molar-refractivity contribution in [3.05, 3.63) is 0 Å². The average Bonchev–Trinajstić information content (AvgIpc) is 2.78. The van der Waals surface area contributed by atoms with E-state index in [0.29, 0.717) is 6.61 Å². The minimum Gasteiger partial charge on any atom is -0.394 e. The molecule has 0 radical (unpaired) electrons. The van der Waals surface area contributed by atoms with E-state index < -0.39 is 37.3 Å². The molecule has 1 unspecified atom stereocenters. The first-order valence-electron chi connectivity index (χ1n) is 8.51. The summed E-state index contributed by atoms with van der Waals surface area (Å²) in [5.74, 6) is -1.62. The number of aliphatic hydroxyl groups is 4. The summed E-state index contributed by atoms with van der Waals surface area (Å²) < 4.78 is 10.8. The molecular formula is C16H32O6. The number of unbranched alkanes of at least 4 members (excludes halogenated alkanes) is 7. The third kappa shape index (κ3) is 5.44. The van der Waals surface area contributed by atoms with Crippen molar-refractivity contribution >= 4 is 0 Å². The molecule has 0 amide bonds. The van der Waals surface area contributed by atoms with Crippen LogP contribution in [0.15, 0.2) is 0 Å². The van der Waals surface area contributed by atoms with Gasteiger partial charge in [0.25, 0.3) is 0 Å². The minimum absolute atomic E-state index is 0.345. The molecule has 0 aromatic heterocycles. The molecule has 1 saturated heterocycles. The Balaban J connectivity index is 2.19. The lowest BCUT2D eigenvalue weighted by molar-refractivity contribution is -0.276. The van der Waals surface area contributed by atoms with E-state index in [-0.39, 0.29) is 0 Å². The van der Waals surface area contributed by atoms with Crippen LogP contribution in [0.5, 0.6) is 0 Å². The van der Waals surface area contributed by atoms with Crippen LogP contribution < -0.4 is 0 Å². The van der Waals surface area contributed by atoms with Crippen molar-refractivity contribution in [2.45, 2.75) is 82.4 Å². The van der Waals surface area contributed by atoms with E-state index in [2.05, 4.69) is 6.92 Å². The fourth-order valence-corrected chi connectivity index (χ4v) is 2.78. The van der Waals surface area contributed by atoms with Gasteiger partial charge in [0.05, 0.1) is 13.2 Å². The van der Waals surface area contributed by atoms with Crippen molar-refractivity contribution in [3.8, 4) is 0 Å². The van der Waals surface area contributed by atoms with Crippen LogP contribution in [0.25, 0.3) is 0 Å². The van der Waals surface area contributed by atoms with Crippen LogP contribution in [0.1, 0.15) is 58.3 Å². The Morgan fingerprint density at radius 2 is 1.55 bits per heavy atom. The summed E-state index contributed by atoms with van der Waals surface area (Å²) in [5, 5.41) is 38.2. The van der Waals surface area contributed by atoms with E-state index in [9.17, 15) is 15.3 Å². The predicted molar refractivity (Wildman–Crippen MR) is 82.4 cm³/mol. The fourth-order valence-electron chi connectivity index (χ4n) is 2.78. The van der Waals surface area contributed by atoms with E-state index in [1.54, 1.807) is 0 Å². The van der Waals surface area contributed by atoms with Crippen molar-refractivity contribution < 1.29 is 29.9 Å². The number of ether oxygens (including phenoxy) is 2. The predicted octanol–water partition coefficient (Wildman–Crippen LogP) is 0.945. The summed E-state index contributed by atoms with van der Waals surface area (Å²) in [6.45, 7) is 1.56. The lowest BCUT2D eigenvalue weighted by atomic mass is 10.1. The van der Waals surface area contributed by atoms with Crippen LogP contribution in [0.4, 0.5) is 0 Å². The van der Waals surface area contributed by atoms with Gasteiger partial charge >= 0.3 is 0 Å². The first-order chi connectivity index (χ1) is 10.6. The molecule has 1 rings (SSSR count). The second-order valence-corrected chi connectivity index (χ2v) is 6.07. The molecule has 0 aromatic rings. The Morgan fingerprint density at radius 1 is 0.955 bits per heavy atom. The standard InChI is InChI=1S/C16H32O6/c1-2-3-4-5-6-7-8-9-10-21-16(12-18)15(20)14(19)13(11-17)22-16/h13-15,17-20H,2-12H2,1H3/t13-,14-,15+,16?/m1/s1. The smallest absolute Gasteiger partial charge is 0.221 e. The summed E-state index contributed by atoms with van der Waals surface area (Å²) in [6.07, 6.45) is 5.76. The maximum absolute atomic E-state index is 9.96. The Kier molecular flexibility index (Phi) is 9.47. The maximum atomic E-state index is 9.96. The molecule has 4 atom stereocenters. The van der Waals surface area contributed by atoms with Crippen LogP contribution in [0.3, 0.4) is 0 Å². The Labute approximate surface area is 133 Å². The zero-order valence-electron chi connectivity index (χ0n) is 13.6. The van der Waals surface area contributed by atoms with Crippen molar-refractivity contribution in [1.29, 1.82) is 0 Å². The van der Waals surface area contributed by atoms with Crippen molar-refractivity contribution in [2.75, 3.05) is 19.8 Å². The molecule has 22 heavy (non-hydrogen) atoms. The first kappa shape index (κ1) is 19.8. The molecule has 1 aliphatic heterocycles. The molecule has 4 N–H and O–H groups in total. The van der Waals surface area contributed by atoms with Gasteiger partial charge in [-0.2, -0.15) is 0 Å². The Morgan fingerprint density at radius 3 is 2.05 bits per heavy atom. The van der Waals surface area contributed by atoms with Crippen LogP contribution in [-0.2, 0) is 9.47 Å². The number of rotatable bonds is 12. The summed E-state index contributed by atoms with van der Waals surface area (Å²) in [6, 6.07) is 0. The fraction of sp³-hybridized carbons (Fsp3) is 1.00. The second kappa shape index (κ2) is 10.5. The van der Waals surface area contributed by atoms with Gasteiger partial charge in [0.1, 0.15) is 24.9 Å². The third-order valence-corrected chi connectivity index (χ3v) is 4.25. The SMILES string of the molecule is CCCCCCCCCCOC1(CO)O[C@H](CO)[C@@H](O)[C@@H]1O. The lowest BCUT2D eigenvalue weighted by Gasteiger charge is -2.30. The molecule has 0 bridgehead atoms. The normalized spacial score (nSPS) is 31.8. The third-order valence-electron chi connectivity index (χ3n) is 4.25. The van der Waals surface area contributed by atoms with Gasteiger partial charge in [-0.05, 0) is 6.42 Å². The van der Waals surface area contributed by atoms with E-state index >= 15 is 0 Å². The summed E-state index contributed by atoms with van der Waals surface area (Å²) in [5.41, 5.74) is 0. The van der Waals surface area contributed by atoms with E-state index in [1.807, 2.05) is 0 Å². The molecule has 132 valence electrons. The van der Waals surface area contributed by atoms with Crippen LogP contribution in [0.2, 0.25) is 0 Å². The van der Waals surface area contributed by atoms with Crippen molar-refractivity contribution in [1.82, 2.24) is 0 Å². The van der Waals surface area contributed by atoms with E-state index in [4.69, 9.17) is 14.6 Å². The topological polar surface area (TPSA) is 99.4 Å². The zero-order chi connectivity index (χ0) is 16.4. The van der Waals surface area contributed by atoms with Crippen LogP contribution >= 0.6 is 0 Å². The monoisotopic (exact) mass is 320 g/mol. The highest BCUT2D eigenvalue weighted by molar-refractivity contribution is 4.96. The summed E-state index contributed by atoms with van der Waals surface area (Å²) in [4.78, 5) is 0. The van der Waals surface area contributed by atoms with Gasteiger partial charge in [-0.15, -0.1) is 0 Å². The van der Waals surface area contributed by atoms with E-state index in [1.165, 1.54) is 32.1 Å². The molecule has 6 heteroatoms. The average molecular weight is 320 g/mol. The molecule has 1 fully saturated rings. The molecule has 0 aliphatic carbocycles. The van der Waals surface area contributed by atoms with Crippen LogP contribution in [-0.4, -0.2) is 64.3 Å². The Hall–Kier alpha value is -0.240. The van der Waals surface area contributed by atoms with Gasteiger partial charge < -0.3 is 29.9 Å².